The number of halogens is 2. The topological polar surface area (TPSA) is 85.5 Å². The molecule has 0 aliphatic rings. The first-order valence-electron chi connectivity index (χ1n) is 7.14. The molecule has 0 amide bonds. The van der Waals surface area contributed by atoms with Gasteiger partial charge in [-0.25, -0.2) is 9.59 Å². The summed E-state index contributed by atoms with van der Waals surface area (Å²) in [5.74, 6) is -1.53. The average Bonchev–Trinajstić information content (AvgIpc) is 3.05. The van der Waals surface area contributed by atoms with Gasteiger partial charge in [-0.15, -0.1) is 11.3 Å². The third-order valence-corrected chi connectivity index (χ3v) is 6.81. The predicted octanol–water partition coefficient (Wildman–Crippen LogP) is 4.43. The molecule has 0 aliphatic carbocycles. The van der Waals surface area contributed by atoms with Gasteiger partial charge in [0.15, 0.2) is 6.10 Å². The van der Waals surface area contributed by atoms with E-state index in [4.69, 9.17) is 9.47 Å². The van der Waals surface area contributed by atoms with Crippen LogP contribution in [0.4, 0.5) is 0 Å². The van der Waals surface area contributed by atoms with Crippen LogP contribution in [0.15, 0.2) is 14.3 Å². The summed E-state index contributed by atoms with van der Waals surface area (Å²) in [6.07, 6.45) is -1.01. The Kier molecular flexibility index (Phi) is 6.23. The van der Waals surface area contributed by atoms with Crippen molar-refractivity contribution in [2.24, 2.45) is 0 Å². The van der Waals surface area contributed by atoms with Crippen LogP contribution >= 0.6 is 43.2 Å². The fourth-order valence-electron chi connectivity index (χ4n) is 2.33. The van der Waals surface area contributed by atoms with Crippen molar-refractivity contribution in [1.82, 2.24) is 4.98 Å². The van der Waals surface area contributed by atoms with E-state index in [9.17, 15) is 14.4 Å². The number of ether oxygens (including phenoxy) is 2. The van der Waals surface area contributed by atoms with Crippen molar-refractivity contribution in [1.29, 1.82) is 0 Å². The maximum atomic E-state index is 12.6. The number of rotatable bonds is 5. The summed E-state index contributed by atoms with van der Waals surface area (Å²) >= 11 is 7.81. The van der Waals surface area contributed by atoms with Crippen molar-refractivity contribution < 1.29 is 23.9 Å². The number of Topliss-reactive ketones (excluding diaryl/α,β-unsaturated/α-hetero) is 1. The molecule has 134 valence electrons. The van der Waals surface area contributed by atoms with E-state index in [0.29, 0.717) is 21.7 Å². The lowest BCUT2D eigenvalue weighted by Crippen LogP contribution is -2.25. The highest BCUT2D eigenvalue weighted by Crippen LogP contribution is 2.33. The maximum Gasteiger partial charge on any atom is 0.349 e. The number of ketones is 1. The van der Waals surface area contributed by atoms with E-state index in [0.717, 1.165) is 8.26 Å². The van der Waals surface area contributed by atoms with E-state index in [-0.39, 0.29) is 5.69 Å². The molecule has 1 N–H and O–H groups in total. The van der Waals surface area contributed by atoms with Crippen LogP contribution in [0.5, 0.6) is 0 Å². The second-order valence-electron chi connectivity index (χ2n) is 5.26. The minimum Gasteiger partial charge on any atom is -0.465 e. The summed E-state index contributed by atoms with van der Waals surface area (Å²) < 4.78 is 11.5. The van der Waals surface area contributed by atoms with E-state index in [1.54, 1.807) is 19.9 Å². The SMILES string of the molecule is COC(=O)c1c(C)[nH]c(C(=O)[C@H](C)OC(=O)c2cc(Br)c(Br)s2)c1C. The van der Waals surface area contributed by atoms with E-state index in [1.807, 2.05) is 0 Å². The van der Waals surface area contributed by atoms with Crippen molar-refractivity contribution in [2.45, 2.75) is 26.9 Å². The third-order valence-electron chi connectivity index (χ3n) is 3.57. The van der Waals surface area contributed by atoms with Crippen LogP contribution in [0.1, 0.15) is 48.7 Å². The second kappa shape index (κ2) is 7.84. The normalized spacial score (nSPS) is 11.9. The molecule has 0 aromatic carbocycles. The molecule has 9 heteroatoms. The number of carbonyl (C=O) groups excluding carboxylic acids is 3. The van der Waals surface area contributed by atoms with Crippen LogP contribution < -0.4 is 0 Å². The van der Waals surface area contributed by atoms with Gasteiger partial charge in [-0.2, -0.15) is 0 Å². The Hall–Kier alpha value is -1.45. The standard InChI is InChI=1S/C16H15Br2NO5S/c1-6-11(16(22)23-4)7(2)19-12(6)13(20)8(3)24-15(21)10-5-9(17)14(18)25-10/h5,8,19H,1-4H3/t8-/m0/s1. The van der Waals surface area contributed by atoms with E-state index in [2.05, 4.69) is 36.8 Å². The first-order chi connectivity index (χ1) is 11.7. The number of esters is 2. The second-order valence-corrected chi connectivity index (χ2v) is 8.49. The summed E-state index contributed by atoms with van der Waals surface area (Å²) in [5.41, 5.74) is 1.54. The zero-order valence-electron chi connectivity index (χ0n) is 13.9. The van der Waals surface area contributed by atoms with Crippen molar-refractivity contribution in [2.75, 3.05) is 7.11 Å². The first kappa shape index (κ1) is 19.9. The van der Waals surface area contributed by atoms with E-state index >= 15 is 0 Å². The lowest BCUT2D eigenvalue weighted by molar-refractivity contribution is 0.0321. The number of aromatic nitrogens is 1. The number of H-pyrrole nitrogens is 1. The number of methoxy groups -OCH3 is 1. The summed E-state index contributed by atoms with van der Waals surface area (Å²) in [6, 6.07) is 1.62. The van der Waals surface area contributed by atoms with Crippen LogP contribution in [-0.4, -0.2) is 35.9 Å². The van der Waals surface area contributed by atoms with Crippen LogP contribution in [0.3, 0.4) is 0 Å². The minimum atomic E-state index is -1.01. The number of thiophene rings is 1. The molecule has 0 saturated heterocycles. The molecule has 2 rings (SSSR count). The number of aryl methyl sites for hydroxylation is 1. The van der Waals surface area contributed by atoms with Gasteiger partial charge in [-0.3, -0.25) is 4.79 Å². The van der Waals surface area contributed by atoms with E-state index < -0.39 is 23.8 Å². The fraction of sp³-hybridized carbons (Fsp3) is 0.312. The fourth-order valence-corrected chi connectivity index (χ4v) is 4.25. The lowest BCUT2D eigenvalue weighted by atomic mass is 10.1. The van der Waals surface area contributed by atoms with Crippen molar-refractivity contribution >= 4 is 60.9 Å². The minimum absolute atomic E-state index is 0.228. The molecule has 2 aromatic rings. The smallest absolute Gasteiger partial charge is 0.349 e. The molecule has 6 nitrogen and oxygen atoms in total. The predicted molar refractivity (Wildman–Crippen MR) is 101 cm³/mol. The molecule has 2 heterocycles. The summed E-state index contributed by atoms with van der Waals surface area (Å²) in [6.45, 7) is 4.81. The summed E-state index contributed by atoms with van der Waals surface area (Å²) in [7, 11) is 1.28. The highest BCUT2D eigenvalue weighted by Gasteiger charge is 2.28. The highest BCUT2D eigenvalue weighted by atomic mass is 79.9. The van der Waals surface area contributed by atoms with Gasteiger partial charge in [-0.1, -0.05) is 0 Å². The molecular formula is C16H15Br2NO5S. The number of carbonyl (C=O) groups is 3. The van der Waals surface area contributed by atoms with Crippen LogP contribution in [-0.2, 0) is 9.47 Å². The van der Waals surface area contributed by atoms with Gasteiger partial charge in [0.1, 0.15) is 4.88 Å². The van der Waals surface area contributed by atoms with Crippen molar-refractivity contribution in [3.8, 4) is 0 Å². The van der Waals surface area contributed by atoms with Crippen LogP contribution in [0.2, 0.25) is 0 Å². The highest BCUT2D eigenvalue weighted by molar-refractivity contribution is 9.13. The Balaban J connectivity index is 2.20. The van der Waals surface area contributed by atoms with Gasteiger partial charge in [0.2, 0.25) is 5.78 Å². The molecule has 0 saturated carbocycles. The average molecular weight is 493 g/mol. The van der Waals surface area contributed by atoms with Crippen LogP contribution in [0.25, 0.3) is 0 Å². The Labute approximate surface area is 165 Å². The molecular weight excluding hydrogens is 478 g/mol. The Morgan fingerprint density at radius 2 is 1.84 bits per heavy atom. The molecule has 0 unspecified atom stereocenters. The number of nitrogens with one attached hydrogen (secondary N) is 1. The molecule has 0 bridgehead atoms. The van der Waals surface area contributed by atoms with Gasteiger partial charge in [-0.05, 0) is 64.3 Å². The quantitative estimate of drug-likeness (QED) is 0.492. The van der Waals surface area contributed by atoms with Gasteiger partial charge in [0.25, 0.3) is 0 Å². The lowest BCUT2D eigenvalue weighted by Gasteiger charge is -2.11. The van der Waals surface area contributed by atoms with Gasteiger partial charge >= 0.3 is 11.9 Å². The molecule has 2 aromatic heterocycles. The number of hydrogen-bond acceptors (Lipinski definition) is 6. The van der Waals surface area contributed by atoms with Crippen molar-refractivity contribution in [3.05, 3.63) is 41.7 Å². The first-order valence-corrected chi connectivity index (χ1v) is 9.55. The Morgan fingerprint density at radius 3 is 2.36 bits per heavy atom. The number of aromatic amines is 1. The van der Waals surface area contributed by atoms with Gasteiger partial charge in [0, 0.05) is 10.2 Å². The van der Waals surface area contributed by atoms with Gasteiger partial charge in [0.05, 0.1) is 22.2 Å². The molecule has 0 aliphatic heterocycles. The van der Waals surface area contributed by atoms with Crippen molar-refractivity contribution in [3.63, 3.8) is 0 Å². The Morgan fingerprint density at radius 1 is 1.20 bits per heavy atom. The maximum absolute atomic E-state index is 12.6. The molecule has 0 radical (unpaired) electrons. The number of hydrogen-bond donors (Lipinski definition) is 1. The zero-order chi connectivity index (χ0) is 18.9. The summed E-state index contributed by atoms with van der Waals surface area (Å²) in [4.78, 5) is 39.8. The zero-order valence-corrected chi connectivity index (χ0v) is 17.8. The molecule has 1 atom stereocenters. The monoisotopic (exact) mass is 491 g/mol. The molecule has 0 spiro atoms. The molecule has 0 fully saturated rings. The van der Waals surface area contributed by atoms with Crippen LogP contribution in [0, 0.1) is 13.8 Å². The van der Waals surface area contributed by atoms with Gasteiger partial charge < -0.3 is 14.5 Å². The third kappa shape index (κ3) is 4.04. The summed E-state index contributed by atoms with van der Waals surface area (Å²) in [5, 5.41) is 0. The molecule has 25 heavy (non-hydrogen) atoms. The van der Waals surface area contributed by atoms with E-state index in [1.165, 1.54) is 25.4 Å². The Bertz CT molecular complexity index is 836. The largest absolute Gasteiger partial charge is 0.465 e.